The van der Waals surface area contributed by atoms with Crippen molar-refractivity contribution in [2.45, 2.75) is 26.2 Å². The van der Waals surface area contributed by atoms with E-state index in [1.165, 1.54) is 0 Å². The maximum atomic E-state index is 12.7. The van der Waals surface area contributed by atoms with Gasteiger partial charge in [0.25, 0.3) is 5.92 Å². The fraction of sp³-hybridized carbons (Fsp3) is 0.889. The number of alkyl halides is 2. The Labute approximate surface area is 74.9 Å². The highest BCUT2D eigenvalue weighted by molar-refractivity contribution is 5.75. The van der Waals surface area contributed by atoms with Crippen LogP contribution in [-0.4, -0.2) is 17.0 Å². The van der Waals surface area contributed by atoms with Gasteiger partial charge in [-0.15, -0.1) is 0 Å². The van der Waals surface area contributed by atoms with Crippen LogP contribution < -0.4 is 0 Å². The van der Waals surface area contributed by atoms with Gasteiger partial charge in [-0.25, -0.2) is 8.78 Å². The van der Waals surface area contributed by atoms with Gasteiger partial charge >= 0.3 is 5.97 Å². The van der Waals surface area contributed by atoms with Gasteiger partial charge in [-0.05, 0) is 11.3 Å². The minimum atomic E-state index is -2.59. The summed E-state index contributed by atoms with van der Waals surface area (Å²) in [5, 5.41) is 8.76. The van der Waals surface area contributed by atoms with Gasteiger partial charge in [0.15, 0.2) is 0 Å². The van der Waals surface area contributed by atoms with E-state index >= 15 is 0 Å². The lowest BCUT2D eigenvalue weighted by Gasteiger charge is -1.99. The van der Waals surface area contributed by atoms with Crippen molar-refractivity contribution in [3.05, 3.63) is 0 Å². The van der Waals surface area contributed by atoms with Crippen LogP contribution in [0.1, 0.15) is 20.3 Å². The summed E-state index contributed by atoms with van der Waals surface area (Å²) in [6, 6.07) is 0. The largest absolute Gasteiger partial charge is 0.481 e. The molecule has 0 spiro atoms. The molecule has 3 atom stereocenters. The molecule has 0 aromatic rings. The quantitative estimate of drug-likeness (QED) is 0.723. The first-order valence-electron chi connectivity index (χ1n) is 4.39. The topological polar surface area (TPSA) is 37.3 Å². The van der Waals surface area contributed by atoms with Gasteiger partial charge in [-0.1, -0.05) is 13.8 Å². The molecule has 0 aliphatic heterocycles. The van der Waals surface area contributed by atoms with E-state index < -0.39 is 29.1 Å². The lowest BCUT2D eigenvalue weighted by atomic mass is 10.1. The summed E-state index contributed by atoms with van der Waals surface area (Å²) >= 11 is 0. The Bertz CT molecular complexity index is 273. The molecule has 0 aromatic heterocycles. The molecule has 13 heavy (non-hydrogen) atoms. The first-order valence-corrected chi connectivity index (χ1v) is 4.39. The molecule has 0 saturated heterocycles. The first kappa shape index (κ1) is 8.91. The Morgan fingerprint density at radius 2 is 1.92 bits per heavy atom. The number of aliphatic carboxylic acids is 1. The normalized spacial score (nSPS) is 44.2. The molecule has 2 rings (SSSR count). The second-order valence-corrected chi connectivity index (χ2v) is 4.73. The van der Waals surface area contributed by atoms with E-state index in [0.29, 0.717) is 0 Å². The molecule has 2 saturated carbocycles. The lowest BCUT2D eigenvalue weighted by molar-refractivity contribution is -0.139. The second kappa shape index (κ2) is 2.04. The maximum absolute atomic E-state index is 12.7. The van der Waals surface area contributed by atoms with Crippen molar-refractivity contribution in [2.24, 2.45) is 23.2 Å². The summed E-state index contributed by atoms with van der Waals surface area (Å²) in [5.74, 6) is -5.08. The smallest absolute Gasteiger partial charge is 0.307 e. The Morgan fingerprint density at radius 1 is 1.46 bits per heavy atom. The molecule has 2 aliphatic carbocycles. The summed E-state index contributed by atoms with van der Waals surface area (Å²) in [6.07, 6.45) is -0.120. The SMILES string of the molecule is CC1(C)C(C(=O)O)C1C1CC1(F)F. The molecule has 0 heterocycles. The highest BCUT2D eigenvalue weighted by Crippen LogP contribution is 2.71. The molecule has 0 amide bonds. The summed E-state index contributed by atoms with van der Waals surface area (Å²) in [5.41, 5.74) is -0.434. The number of hydrogen-bond acceptors (Lipinski definition) is 1. The average Bonchev–Trinajstić information content (AvgIpc) is 2.68. The van der Waals surface area contributed by atoms with Crippen LogP contribution in [0.5, 0.6) is 0 Å². The van der Waals surface area contributed by atoms with E-state index in [1.807, 2.05) is 0 Å². The van der Waals surface area contributed by atoms with E-state index in [4.69, 9.17) is 5.11 Å². The molecular weight excluding hydrogens is 178 g/mol. The van der Waals surface area contributed by atoms with Crippen molar-refractivity contribution in [3.63, 3.8) is 0 Å². The van der Waals surface area contributed by atoms with Crippen molar-refractivity contribution >= 4 is 5.97 Å². The van der Waals surface area contributed by atoms with E-state index in [0.717, 1.165) is 0 Å². The minimum absolute atomic E-state index is 0.120. The Morgan fingerprint density at radius 3 is 2.15 bits per heavy atom. The molecule has 1 N–H and O–H groups in total. The van der Waals surface area contributed by atoms with Crippen molar-refractivity contribution in [1.82, 2.24) is 0 Å². The standard InChI is InChI=1S/C9H12F2O2/c1-8(2)5(6(8)7(12)13)4-3-9(4,10)11/h4-6H,3H2,1-2H3,(H,12,13). The Balaban J connectivity index is 2.09. The zero-order valence-corrected chi connectivity index (χ0v) is 7.55. The van der Waals surface area contributed by atoms with Crippen LogP contribution in [-0.2, 0) is 4.79 Å². The van der Waals surface area contributed by atoms with Crippen LogP contribution in [0.15, 0.2) is 0 Å². The number of rotatable bonds is 2. The fourth-order valence-corrected chi connectivity index (χ4v) is 2.52. The highest BCUT2D eigenvalue weighted by Gasteiger charge is 2.75. The summed E-state index contributed by atoms with van der Waals surface area (Å²) < 4.78 is 25.3. The number of carbonyl (C=O) groups is 1. The number of hydrogen-bond donors (Lipinski definition) is 1. The van der Waals surface area contributed by atoms with Crippen molar-refractivity contribution in [2.75, 3.05) is 0 Å². The zero-order chi connectivity index (χ0) is 10.0. The Hall–Kier alpha value is -0.670. The molecule has 2 nitrogen and oxygen atoms in total. The third-order valence-electron chi connectivity index (χ3n) is 3.48. The lowest BCUT2D eigenvalue weighted by Crippen LogP contribution is -2.04. The molecule has 2 fully saturated rings. The van der Waals surface area contributed by atoms with Crippen LogP contribution in [0.4, 0.5) is 8.78 Å². The van der Waals surface area contributed by atoms with E-state index in [9.17, 15) is 13.6 Å². The van der Waals surface area contributed by atoms with Crippen molar-refractivity contribution in [3.8, 4) is 0 Å². The molecule has 74 valence electrons. The second-order valence-electron chi connectivity index (χ2n) is 4.73. The van der Waals surface area contributed by atoms with Gasteiger partial charge in [0.05, 0.1) is 5.92 Å². The van der Waals surface area contributed by atoms with E-state index in [1.54, 1.807) is 13.8 Å². The third kappa shape index (κ3) is 1.07. The first-order chi connectivity index (χ1) is 5.78. The number of carboxylic acids is 1. The maximum Gasteiger partial charge on any atom is 0.307 e. The predicted molar refractivity (Wildman–Crippen MR) is 41.5 cm³/mol. The molecule has 0 radical (unpaired) electrons. The molecule has 4 heteroatoms. The monoisotopic (exact) mass is 190 g/mol. The fourth-order valence-electron chi connectivity index (χ4n) is 2.52. The van der Waals surface area contributed by atoms with Crippen molar-refractivity contribution in [1.29, 1.82) is 0 Å². The summed E-state index contributed by atoms with van der Waals surface area (Å²) in [4.78, 5) is 10.7. The molecule has 3 unspecified atom stereocenters. The molecule has 0 bridgehead atoms. The van der Waals surface area contributed by atoms with Crippen LogP contribution >= 0.6 is 0 Å². The van der Waals surface area contributed by atoms with Crippen LogP contribution in [0.3, 0.4) is 0 Å². The van der Waals surface area contributed by atoms with Crippen LogP contribution in [0.25, 0.3) is 0 Å². The van der Waals surface area contributed by atoms with Crippen LogP contribution in [0.2, 0.25) is 0 Å². The van der Waals surface area contributed by atoms with Crippen LogP contribution in [0, 0.1) is 23.2 Å². The summed E-state index contributed by atoms with van der Waals surface area (Å²) in [7, 11) is 0. The van der Waals surface area contributed by atoms with Gasteiger partial charge in [-0.2, -0.15) is 0 Å². The van der Waals surface area contributed by atoms with Crippen molar-refractivity contribution < 1.29 is 18.7 Å². The third-order valence-corrected chi connectivity index (χ3v) is 3.48. The van der Waals surface area contributed by atoms with Gasteiger partial charge in [0, 0.05) is 12.3 Å². The highest BCUT2D eigenvalue weighted by atomic mass is 19.3. The van der Waals surface area contributed by atoms with Gasteiger partial charge in [0.1, 0.15) is 0 Å². The molecule has 0 aromatic carbocycles. The van der Waals surface area contributed by atoms with E-state index in [-0.39, 0.29) is 12.3 Å². The Kier molecular flexibility index (Phi) is 1.40. The average molecular weight is 190 g/mol. The number of carboxylic acid groups (broad SMARTS) is 1. The minimum Gasteiger partial charge on any atom is -0.481 e. The summed E-state index contributed by atoms with van der Waals surface area (Å²) in [6.45, 7) is 3.51. The predicted octanol–water partition coefficient (Wildman–Crippen LogP) is 2.00. The zero-order valence-electron chi connectivity index (χ0n) is 7.55. The van der Waals surface area contributed by atoms with E-state index in [2.05, 4.69) is 0 Å². The number of halogens is 2. The molecule has 2 aliphatic rings. The van der Waals surface area contributed by atoms with Gasteiger partial charge in [-0.3, -0.25) is 4.79 Å². The van der Waals surface area contributed by atoms with Gasteiger partial charge < -0.3 is 5.11 Å². The molecular formula is C9H12F2O2. The van der Waals surface area contributed by atoms with Gasteiger partial charge in [0.2, 0.25) is 0 Å².